The average Bonchev–Trinajstić information content (AvgIpc) is 3.23. The van der Waals surface area contributed by atoms with Crippen molar-refractivity contribution in [2.24, 2.45) is 5.92 Å². The van der Waals surface area contributed by atoms with Gasteiger partial charge in [-0.15, -0.1) is 0 Å². The third-order valence-electron chi connectivity index (χ3n) is 5.97. The summed E-state index contributed by atoms with van der Waals surface area (Å²) in [4.78, 5) is 43.9. The fraction of sp³-hybridized carbons (Fsp3) is 0.292. The van der Waals surface area contributed by atoms with Crippen LogP contribution in [-0.2, 0) is 15.0 Å². The molecule has 158 valence electrons. The molecule has 0 bridgehead atoms. The van der Waals surface area contributed by atoms with Gasteiger partial charge in [0.15, 0.2) is 0 Å². The van der Waals surface area contributed by atoms with E-state index in [2.05, 4.69) is 37.9 Å². The van der Waals surface area contributed by atoms with E-state index in [1.54, 1.807) is 12.1 Å². The standard InChI is InChI=1S/C24H22N2O3S2/c1-24(2,3)14-11-9-13(10-12-14)16-17-19(30-20-18(16)31-23(29)25-20)22(28)26(21(17)27)15-7-5-4-6-8-15/h4-12,16-17,19H,1-3H3,(H,25,29)/t16-,17-,19+/m0/s1. The van der Waals surface area contributed by atoms with Crippen molar-refractivity contribution in [2.45, 2.75) is 42.4 Å². The highest BCUT2D eigenvalue weighted by Gasteiger charge is 2.56. The maximum Gasteiger partial charge on any atom is 0.305 e. The van der Waals surface area contributed by atoms with Crippen LogP contribution in [-0.4, -0.2) is 22.0 Å². The number of thiazole rings is 1. The fourth-order valence-electron chi connectivity index (χ4n) is 4.40. The van der Waals surface area contributed by atoms with Crippen molar-refractivity contribution in [3.63, 3.8) is 0 Å². The third-order valence-corrected chi connectivity index (χ3v) is 8.38. The number of amides is 2. The first-order valence-corrected chi connectivity index (χ1v) is 11.9. The second kappa shape index (κ2) is 7.21. The minimum absolute atomic E-state index is 0.0107. The van der Waals surface area contributed by atoms with Crippen molar-refractivity contribution in [2.75, 3.05) is 4.90 Å². The molecule has 0 spiro atoms. The highest BCUT2D eigenvalue weighted by molar-refractivity contribution is 8.00. The Morgan fingerprint density at radius 3 is 2.23 bits per heavy atom. The summed E-state index contributed by atoms with van der Waals surface area (Å²) in [7, 11) is 0. The van der Waals surface area contributed by atoms with Crippen LogP contribution in [0, 0.1) is 5.92 Å². The number of hydrogen-bond donors (Lipinski definition) is 1. The lowest BCUT2D eigenvalue weighted by Gasteiger charge is -2.30. The number of hydrogen-bond acceptors (Lipinski definition) is 5. The Labute approximate surface area is 188 Å². The van der Waals surface area contributed by atoms with Gasteiger partial charge in [0.05, 0.1) is 16.6 Å². The third kappa shape index (κ3) is 3.27. The summed E-state index contributed by atoms with van der Waals surface area (Å²) in [5.74, 6) is -1.30. The summed E-state index contributed by atoms with van der Waals surface area (Å²) in [6, 6.07) is 17.3. The summed E-state index contributed by atoms with van der Waals surface area (Å²) in [5, 5.41) is 0.148. The topological polar surface area (TPSA) is 70.2 Å². The number of para-hydroxylation sites is 1. The van der Waals surface area contributed by atoms with Crippen LogP contribution in [0.25, 0.3) is 0 Å². The van der Waals surface area contributed by atoms with Crippen molar-refractivity contribution in [3.8, 4) is 0 Å². The molecule has 0 saturated carbocycles. The number of aromatic nitrogens is 1. The first-order valence-electron chi connectivity index (χ1n) is 10.2. The molecule has 5 rings (SSSR count). The summed E-state index contributed by atoms with van der Waals surface area (Å²) >= 11 is 2.45. The Bertz CT molecular complexity index is 1220. The minimum atomic E-state index is -0.558. The van der Waals surface area contributed by atoms with Gasteiger partial charge in [0.25, 0.3) is 0 Å². The Hall–Kier alpha value is -2.64. The van der Waals surface area contributed by atoms with Crippen molar-refractivity contribution >= 4 is 40.6 Å². The molecule has 3 atom stereocenters. The molecule has 31 heavy (non-hydrogen) atoms. The number of benzene rings is 2. The molecule has 1 fully saturated rings. The zero-order valence-electron chi connectivity index (χ0n) is 17.4. The monoisotopic (exact) mass is 450 g/mol. The number of nitrogens with zero attached hydrogens (tertiary/aromatic N) is 1. The van der Waals surface area contributed by atoms with E-state index in [1.165, 1.54) is 22.2 Å². The van der Waals surface area contributed by atoms with Crippen molar-refractivity contribution in [1.29, 1.82) is 0 Å². The number of rotatable bonds is 2. The minimum Gasteiger partial charge on any atom is -0.307 e. The van der Waals surface area contributed by atoms with Crippen LogP contribution in [0.15, 0.2) is 64.4 Å². The number of nitrogens with one attached hydrogen (secondary N) is 1. The summed E-state index contributed by atoms with van der Waals surface area (Å²) < 4.78 is 0. The summed E-state index contributed by atoms with van der Waals surface area (Å²) in [6.07, 6.45) is 0. The van der Waals surface area contributed by atoms with E-state index >= 15 is 0 Å². The molecular weight excluding hydrogens is 428 g/mol. The molecule has 1 N–H and O–H groups in total. The molecule has 1 saturated heterocycles. The molecular formula is C24H22N2O3S2. The van der Waals surface area contributed by atoms with Crippen LogP contribution in [0.2, 0.25) is 0 Å². The van der Waals surface area contributed by atoms with Gasteiger partial charge in [0.1, 0.15) is 5.25 Å². The normalized spacial score (nSPS) is 23.1. The Kier molecular flexibility index (Phi) is 4.71. The van der Waals surface area contributed by atoms with Gasteiger partial charge >= 0.3 is 4.87 Å². The van der Waals surface area contributed by atoms with Gasteiger partial charge < -0.3 is 4.98 Å². The van der Waals surface area contributed by atoms with Gasteiger partial charge in [-0.05, 0) is 28.7 Å². The SMILES string of the molecule is CC(C)(C)c1ccc([C@@H]2c3sc(=O)[nH]c3S[C@H]3C(=O)N(c4ccccc4)C(=O)[C@@H]23)cc1. The second-order valence-corrected chi connectivity index (χ2v) is 11.1. The largest absolute Gasteiger partial charge is 0.307 e. The number of thioether (sulfide) groups is 1. The molecule has 1 aromatic heterocycles. The first-order chi connectivity index (χ1) is 14.8. The Balaban J connectivity index is 1.63. The van der Waals surface area contributed by atoms with Crippen molar-refractivity contribution in [1.82, 2.24) is 4.98 Å². The second-order valence-electron chi connectivity index (χ2n) is 8.97. The molecule has 2 aromatic carbocycles. The maximum absolute atomic E-state index is 13.6. The molecule has 2 aliphatic rings. The molecule has 3 aromatic rings. The number of fused-ring (bicyclic) bond motifs is 2. The average molecular weight is 451 g/mol. The molecule has 0 radical (unpaired) electrons. The van der Waals surface area contributed by atoms with Gasteiger partial charge in [-0.1, -0.05) is 86.3 Å². The number of carbonyl (C=O) groups is 2. The van der Waals surface area contributed by atoms with E-state index in [9.17, 15) is 14.4 Å². The van der Waals surface area contributed by atoms with Crippen molar-refractivity contribution in [3.05, 3.63) is 80.3 Å². The molecule has 0 unspecified atom stereocenters. The number of H-pyrrole nitrogens is 1. The molecule has 2 aliphatic heterocycles. The number of imide groups is 1. The van der Waals surface area contributed by atoms with Crippen LogP contribution in [0.4, 0.5) is 5.69 Å². The number of aromatic amines is 1. The highest BCUT2D eigenvalue weighted by Crippen LogP contribution is 2.53. The summed E-state index contributed by atoms with van der Waals surface area (Å²) in [5.41, 5.74) is 2.75. The Morgan fingerprint density at radius 2 is 1.58 bits per heavy atom. The van der Waals surface area contributed by atoms with Crippen molar-refractivity contribution < 1.29 is 9.59 Å². The van der Waals surface area contributed by atoms with Gasteiger partial charge in [-0.3, -0.25) is 14.4 Å². The zero-order chi connectivity index (χ0) is 21.9. The molecule has 7 heteroatoms. The molecule has 0 aliphatic carbocycles. The fourth-order valence-corrected chi connectivity index (χ4v) is 6.91. The lowest BCUT2D eigenvalue weighted by atomic mass is 9.81. The van der Waals surface area contributed by atoms with Gasteiger partial charge in [-0.25, -0.2) is 4.90 Å². The van der Waals surface area contributed by atoms with Gasteiger partial charge in [0, 0.05) is 10.8 Å². The quantitative estimate of drug-likeness (QED) is 0.583. The highest BCUT2D eigenvalue weighted by atomic mass is 32.2. The van der Waals surface area contributed by atoms with Crippen LogP contribution >= 0.6 is 23.1 Å². The smallest absolute Gasteiger partial charge is 0.305 e. The first kappa shape index (κ1) is 20.3. The lowest BCUT2D eigenvalue weighted by molar-refractivity contribution is -0.122. The van der Waals surface area contributed by atoms with Crippen LogP contribution < -0.4 is 9.77 Å². The predicted molar refractivity (Wildman–Crippen MR) is 124 cm³/mol. The van der Waals surface area contributed by atoms with E-state index < -0.39 is 11.2 Å². The zero-order valence-corrected chi connectivity index (χ0v) is 19.0. The van der Waals surface area contributed by atoms with Crippen LogP contribution in [0.5, 0.6) is 0 Å². The number of anilines is 1. The van der Waals surface area contributed by atoms with Gasteiger partial charge in [0.2, 0.25) is 11.8 Å². The molecule has 2 amide bonds. The van der Waals surface area contributed by atoms with E-state index in [0.717, 1.165) is 21.8 Å². The van der Waals surface area contributed by atoms with Gasteiger partial charge in [-0.2, -0.15) is 0 Å². The number of carbonyl (C=O) groups excluding carboxylic acids is 2. The summed E-state index contributed by atoms with van der Waals surface area (Å²) in [6.45, 7) is 6.46. The maximum atomic E-state index is 13.6. The predicted octanol–water partition coefficient (Wildman–Crippen LogP) is 4.53. The van der Waals surface area contributed by atoms with Crippen LogP contribution in [0.1, 0.15) is 42.7 Å². The van der Waals surface area contributed by atoms with E-state index in [1.807, 2.05) is 30.3 Å². The van der Waals surface area contributed by atoms with E-state index in [4.69, 9.17) is 0 Å². The van der Waals surface area contributed by atoms with E-state index in [-0.39, 0.29) is 28.0 Å². The molecule has 5 nitrogen and oxygen atoms in total. The Morgan fingerprint density at radius 1 is 0.903 bits per heavy atom. The molecule has 3 heterocycles. The van der Waals surface area contributed by atoms with Crippen LogP contribution in [0.3, 0.4) is 0 Å². The van der Waals surface area contributed by atoms with E-state index in [0.29, 0.717) is 10.7 Å². The lowest BCUT2D eigenvalue weighted by Crippen LogP contribution is -2.32.